The van der Waals surface area contributed by atoms with Crippen LogP contribution in [0.3, 0.4) is 0 Å². The Kier molecular flexibility index (Phi) is 7.30. The molecule has 1 aromatic carbocycles. The fourth-order valence-electron chi connectivity index (χ4n) is 5.16. The molecule has 2 aliphatic heterocycles. The quantitative estimate of drug-likeness (QED) is 0.418. The van der Waals surface area contributed by atoms with Gasteiger partial charge in [-0.15, -0.1) is 0 Å². The molecule has 12 heteroatoms. The zero-order valence-corrected chi connectivity index (χ0v) is 24.0. The number of benzene rings is 1. The fraction of sp³-hybridized carbons (Fsp3) is 0.464. The number of piperazine rings is 1. The zero-order valence-electron chi connectivity index (χ0n) is 23.3. The van der Waals surface area contributed by atoms with Gasteiger partial charge in [0, 0.05) is 38.7 Å². The van der Waals surface area contributed by atoms with E-state index < -0.39 is 17.5 Å². The first kappa shape index (κ1) is 28.0. The number of halogens is 2. The number of pyridine rings is 2. The van der Waals surface area contributed by atoms with Crippen LogP contribution in [0.4, 0.5) is 14.9 Å². The Balaban J connectivity index is 1.61. The minimum absolute atomic E-state index is 0.0605. The van der Waals surface area contributed by atoms with Crippen molar-refractivity contribution in [2.45, 2.75) is 45.4 Å². The summed E-state index contributed by atoms with van der Waals surface area (Å²) in [6.07, 6.45) is -0.398. The van der Waals surface area contributed by atoms with E-state index in [4.69, 9.17) is 30.5 Å². The van der Waals surface area contributed by atoms with Gasteiger partial charge in [-0.1, -0.05) is 17.7 Å². The van der Waals surface area contributed by atoms with Crippen molar-refractivity contribution in [3.8, 4) is 22.8 Å². The van der Waals surface area contributed by atoms with Crippen LogP contribution in [0, 0.1) is 5.82 Å². The maximum absolute atomic E-state index is 15.1. The molecular weight excluding hydrogens is 543 g/mol. The summed E-state index contributed by atoms with van der Waals surface area (Å²) in [5.74, 6) is -0.195. The monoisotopic (exact) mass is 574 g/mol. The lowest BCUT2D eigenvalue weighted by Gasteiger charge is -2.48. The molecule has 1 fully saturated rings. The van der Waals surface area contributed by atoms with E-state index in [-0.39, 0.29) is 58.8 Å². The van der Waals surface area contributed by atoms with Crippen LogP contribution in [0.15, 0.2) is 29.1 Å². The summed E-state index contributed by atoms with van der Waals surface area (Å²) >= 11 is 6.75. The van der Waals surface area contributed by atoms with Crippen molar-refractivity contribution in [1.29, 1.82) is 0 Å². The van der Waals surface area contributed by atoms with Gasteiger partial charge < -0.3 is 28.7 Å². The van der Waals surface area contributed by atoms with Crippen LogP contribution in [0.1, 0.15) is 27.7 Å². The molecule has 0 saturated carbocycles. The summed E-state index contributed by atoms with van der Waals surface area (Å²) < 4.78 is 38.6. The van der Waals surface area contributed by atoms with Crippen LogP contribution < -0.4 is 19.9 Å². The highest BCUT2D eigenvalue weighted by Crippen LogP contribution is 2.43. The lowest BCUT2D eigenvalue weighted by Crippen LogP contribution is -2.62. The van der Waals surface area contributed by atoms with E-state index in [0.29, 0.717) is 29.8 Å². The van der Waals surface area contributed by atoms with Crippen molar-refractivity contribution in [3.63, 3.8) is 0 Å². The molecule has 0 N–H and O–H groups in total. The van der Waals surface area contributed by atoms with Crippen molar-refractivity contribution in [2.75, 3.05) is 38.5 Å². The lowest BCUT2D eigenvalue weighted by atomic mass is 10.0. The molecule has 0 spiro atoms. The van der Waals surface area contributed by atoms with Gasteiger partial charge in [-0.05, 0) is 45.9 Å². The zero-order chi connectivity index (χ0) is 28.9. The second-order valence-corrected chi connectivity index (χ2v) is 11.4. The molecule has 2 aliphatic rings. The molecule has 0 unspecified atom stereocenters. The number of anilines is 1. The van der Waals surface area contributed by atoms with Crippen LogP contribution in [0.2, 0.25) is 5.02 Å². The molecule has 5 rings (SSSR count). The molecule has 4 heterocycles. The molecule has 214 valence electrons. The number of carbonyl (C=O) groups excluding carboxylic acids is 1. The van der Waals surface area contributed by atoms with Gasteiger partial charge in [-0.2, -0.15) is 0 Å². The highest BCUT2D eigenvalue weighted by Gasteiger charge is 2.41. The average Bonchev–Trinajstić information content (AvgIpc) is 2.88. The number of carbonyl (C=O) groups is 1. The van der Waals surface area contributed by atoms with Crippen molar-refractivity contribution in [3.05, 3.63) is 45.5 Å². The summed E-state index contributed by atoms with van der Waals surface area (Å²) in [4.78, 5) is 34.8. The summed E-state index contributed by atoms with van der Waals surface area (Å²) in [5.41, 5.74) is 0.0353. The van der Waals surface area contributed by atoms with Crippen molar-refractivity contribution in [1.82, 2.24) is 14.5 Å². The number of amides is 1. The molecular formula is C28H32ClFN4O6. The minimum Gasteiger partial charge on any atom is -0.484 e. The Labute approximate surface area is 236 Å². The summed E-state index contributed by atoms with van der Waals surface area (Å²) in [6, 6.07) is 5.62. The Morgan fingerprint density at radius 2 is 2.02 bits per heavy atom. The average molecular weight is 575 g/mol. The highest BCUT2D eigenvalue weighted by atomic mass is 35.5. The molecule has 2 atom stereocenters. The van der Waals surface area contributed by atoms with E-state index in [0.717, 1.165) is 0 Å². The third-order valence-corrected chi connectivity index (χ3v) is 7.25. The van der Waals surface area contributed by atoms with Gasteiger partial charge in [0.1, 0.15) is 29.4 Å². The minimum atomic E-state index is -0.626. The Bertz CT molecular complexity index is 1540. The normalized spacial score (nSPS) is 18.7. The van der Waals surface area contributed by atoms with Gasteiger partial charge in [-0.25, -0.2) is 14.2 Å². The largest absolute Gasteiger partial charge is 0.484 e. The van der Waals surface area contributed by atoms with Crippen LogP contribution >= 0.6 is 11.6 Å². The van der Waals surface area contributed by atoms with Gasteiger partial charge in [0.15, 0.2) is 6.79 Å². The third kappa shape index (κ3) is 4.92. The lowest BCUT2D eigenvalue weighted by molar-refractivity contribution is 0.00991. The SMILES string of the molecule is COCOc1cccc(F)c1-c1nc2c(cc1Cl)c1c(c(=O)n2C)OC[C@H]2CN(C(=O)OC(C)(C)C)[C@H](C)CN12. The Morgan fingerprint density at radius 3 is 2.73 bits per heavy atom. The van der Waals surface area contributed by atoms with Crippen molar-refractivity contribution in [2.24, 2.45) is 7.05 Å². The Hall–Kier alpha value is -3.57. The van der Waals surface area contributed by atoms with Gasteiger partial charge in [0.2, 0.25) is 5.75 Å². The molecule has 10 nitrogen and oxygen atoms in total. The van der Waals surface area contributed by atoms with Gasteiger partial charge >= 0.3 is 6.09 Å². The Morgan fingerprint density at radius 1 is 1.27 bits per heavy atom. The number of nitrogens with zero attached hydrogens (tertiary/aromatic N) is 4. The summed E-state index contributed by atoms with van der Waals surface area (Å²) in [6.45, 7) is 8.31. The number of aryl methyl sites for hydroxylation is 1. The molecule has 2 aromatic heterocycles. The van der Waals surface area contributed by atoms with E-state index in [1.165, 1.54) is 23.8 Å². The highest BCUT2D eigenvalue weighted by molar-refractivity contribution is 6.34. The molecule has 40 heavy (non-hydrogen) atoms. The van der Waals surface area contributed by atoms with E-state index in [2.05, 4.69) is 9.88 Å². The maximum Gasteiger partial charge on any atom is 0.410 e. The molecule has 3 aromatic rings. The third-order valence-electron chi connectivity index (χ3n) is 6.96. The van der Waals surface area contributed by atoms with E-state index >= 15 is 4.39 Å². The molecule has 0 aliphatic carbocycles. The van der Waals surface area contributed by atoms with Crippen molar-refractivity contribution >= 4 is 34.4 Å². The number of aromatic nitrogens is 2. The van der Waals surface area contributed by atoms with E-state index in [1.807, 2.05) is 27.7 Å². The number of hydrogen-bond donors (Lipinski definition) is 0. The molecule has 0 bridgehead atoms. The number of ether oxygens (including phenoxy) is 4. The second kappa shape index (κ2) is 10.4. The summed E-state index contributed by atoms with van der Waals surface area (Å²) in [5, 5.41) is 0.743. The smallest absolute Gasteiger partial charge is 0.410 e. The van der Waals surface area contributed by atoms with Gasteiger partial charge in [0.25, 0.3) is 5.56 Å². The van der Waals surface area contributed by atoms with Crippen LogP contribution in [0.5, 0.6) is 11.5 Å². The second-order valence-electron chi connectivity index (χ2n) is 11.0. The van der Waals surface area contributed by atoms with Gasteiger partial charge in [0.05, 0.1) is 28.0 Å². The number of hydrogen-bond acceptors (Lipinski definition) is 8. The fourth-order valence-corrected chi connectivity index (χ4v) is 5.40. The number of rotatable bonds is 4. The van der Waals surface area contributed by atoms with Crippen LogP contribution in [0.25, 0.3) is 22.3 Å². The van der Waals surface area contributed by atoms with E-state index in [9.17, 15) is 9.59 Å². The number of fused-ring (bicyclic) bond motifs is 5. The first-order valence-corrected chi connectivity index (χ1v) is 13.3. The molecule has 0 radical (unpaired) electrons. The van der Waals surface area contributed by atoms with Gasteiger partial charge in [-0.3, -0.25) is 9.36 Å². The first-order valence-electron chi connectivity index (χ1n) is 12.9. The number of methoxy groups -OCH3 is 1. The maximum atomic E-state index is 15.1. The predicted molar refractivity (Wildman–Crippen MR) is 149 cm³/mol. The summed E-state index contributed by atoms with van der Waals surface area (Å²) in [7, 11) is 3.04. The molecule has 1 amide bonds. The van der Waals surface area contributed by atoms with Crippen LogP contribution in [-0.2, 0) is 16.5 Å². The first-order chi connectivity index (χ1) is 18.9. The van der Waals surface area contributed by atoms with E-state index in [1.54, 1.807) is 24.1 Å². The standard InChI is InChI=1S/C28H32ClFN4O6/c1-15-11-34-16(12-33(15)27(36)40-28(2,3)4)13-38-24-23(34)17-10-18(29)22(31-25(17)32(5)26(24)35)21-19(30)8-7-9-20(21)39-14-37-6/h7-10,15-16H,11-14H2,1-6H3/t15-,16-/m1/s1. The van der Waals surface area contributed by atoms with Crippen molar-refractivity contribution < 1.29 is 28.1 Å². The molecule has 1 saturated heterocycles. The predicted octanol–water partition coefficient (Wildman–Crippen LogP) is 4.58. The van der Waals surface area contributed by atoms with Crippen LogP contribution in [-0.4, -0.2) is 71.8 Å². The topological polar surface area (TPSA) is 95.4 Å².